The molecular formula is C17H25NO3. The van der Waals surface area contributed by atoms with E-state index >= 15 is 0 Å². The second-order valence-corrected chi connectivity index (χ2v) is 6.23. The predicted molar refractivity (Wildman–Crippen MR) is 82.4 cm³/mol. The van der Waals surface area contributed by atoms with Crippen molar-refractivity contribution in [2.24, 2.45) is 0 Å². The van der Waals surface area contributed by atoms with E-state index in [9.17, 15) is 5.11 Å². The van der Waals surface area contributed by atoms with E-state index in [4.69, 9.17) is 9.47 Å². The van der Waals surface area contributed by atoms with Crippen molar-refractivity contribution in [2.75, 3.05) is 31.9 Å². The van der Waals surface area contributed by atoms with Crippen LogP contribution in [0, 0.1) is 0 Å². The van der Waals surface area contributed by atoms with Crippen LogP contribution >= 0.6 is 0 Å². The number of ether oxygens (including phenoxy) is 2. The minimum Gasteiger partial charge on any atom is -0.385 e. The smallest absolute Gasteiger partial charge is 0.119 e. The average Bonchev–Trinajstić information content (AvgIpc) is 2.97. The summed E-state index contributed by atoms with van der Waals surface area (Å²) in [5.41, 5.74) is 1.59. The van der Waals surface area contributed by atoms with E-state index in [1.165, 1.54) is 6.42 Å². The van der Waals surface area contributed by atoms with E-state index in [0.717, 1.165) is 43.5 Å². The number of aliphatic hydroxyl groups is 1. The summed E-state index contributed by atoms with van der Waals surface area (Å²) >= 11 is 0. The van der Waals surface area contributed by atoms with Gasteiger partial charge in [0, 0.05) is 19.3 Å². The lowest BCUT2D eigenvalue weighted by Crippen LogP contribution is -2.28. The van der Waals surface area contributed by atoms with Crippen molar-refractivity contribution in [1.29, 1.82) is 0 Å². The van der Waals surface area contributed by atoms with Gasteiger partial charge in [-0.3, -0.25) is 0 Å². The molecule has 1 saturated carbocycles. The first-order valence-corrected chi connectivity index (χ1v) is 7.90. The molecular weight excluding hydrogens is 266 g/mol. The van der Waals surface area contributed by atoms with Crippen LogP contribution in [0.25, 0.3) is 0 Å². The highest BCUT2D eigenvalue weighted by atomic mass is 16.5. The quantitative estimate of drug-likeness (QED) is 0.926. The number of nitrogens with zero attached hydrogens (tertiary/aromatic N) is 1. The second kappa shape index (κ2) is 6.34. The van der Waals surface area contributed by atoms with Crippen LogP contribution in [-0.4, -0.2) is 38.2 Å². The van der Waals surface area contributed by atoms with Gasteiger partial charge in [-0.15, -0.1) is 0 Å². The lowest BCUT2D eigenvalue weighted by Gasteiger charge is -2.32. The molecule has 4 nitrogen and oxygen atoms in total. The van der Waals surface area contributed by atoms with Crippen LogP contribution in [0.2, 0.25) is 0 Å². The Kier molecular flexibility index (Phi) is 4.48. The molecule has 1 aliphatic heterocycles. The van der Waals surface area contributed by atoms with Crippen molar-refractivity contribution in [3.63, 3.8) is 0 Å². The molecule has 2 aliphatic rings. The maximum atomic E-state index is 10.8. The number of rotatable bonds is 4. The summed E-state index contributed by atoms with van der Waals surface area (Å²) in [4.78, 5) is 2.21. The topological polar surface area (TPSA) is 41.9 Å². The lowest BCUT2D eigenvalue weighted by molar-refractivity contribution is -0.000614. The largest absolute Gasteiger partial charge is 0.385 e. The van der Waals surface area contributed by atoms with Gasteiger partial charge in [0.05, 0.1) is 12.2 Å². The highest BCUT2D eigenvalue weighted by molar-refractivity contribution is 5.49. The van der Waals surface area contributed by atoms with E-state index in [1.54, 1.807) is 7.11 Å². The molecule has 4 heteroatoms. The molecule has 1 aromatic carbocycles. The van der Waals surface area contributed by atoms with Crippen LogP contribution in [0.15, 0.2) is 24.3 Å². The van der Waals surface area contributed by atoms with Gasteiger partial charge in [0.15, 0.2) is 0 Å². The normalized spacial score (nSPS) is 25.2. The number of hydrogen-bond donors (Lipinski definition) is 1. The van der Waals surface area contributed by atoms with E-state index in [2.05, 4.69) is 29.2 Å². The Morgan fingerprint density at radius 1 is 1.24 bits per heavy atom. The summed E-state index contributed by atoms with van der Waals surface area (Å²) in [6, 6.07) is 8.34. The van der Waals surface area contributed by atoms with E-state index < -0.39 is 5.60 Å². The average molecular weight is 291 g/mol. The lowest BCUT2D eigenvalue weighted by atomic mass is 9.80. The van der Waals surface area contributed by atoms with Gasteiger partial charge < -0.3 is 19.5 Å². The molecule has 116 valence electrons. The van der Waals surface area contributed by atoms with Gasteiger partial charge >= 0.3 is 0 Å². The highest BCUT2D eigenvalue weighted by Gasteiger charge is 2.31. The molecule has 1 N–H and O–H groups in total. The fourth-order valence-electron chi connectivity index (χ4n) is 3.42. The van der Waals surface area contributed by atoms with Gasteiger partial charge in [-0.1, -0.05) is 31.4 Å². The summed E-state index contributed by atoms with van der Waals surface area (Å²) in [7, 11) is 1.70. The fraction of sp³-hybridized carbons (Fsp3) is 0.647. The Hall–Kier alpha value is -1.10. The minimum absolute atomic E-state index is 0.150. The third kappa shape index (κ3) is 3.23. The Morgan fingerprint density at radius 3 is 2.62 bits per heavy atom. The van der Waals surface area contributed by atoms with Gasteiger partial charge in [0.2, 0.25) is 0 Å². The first-order valence-electron chi connectivity index (χ1n) is 7.90. The van der Waals surface area contributed by atoms with Crippen molar-refractivity contribution < 1.29 is 14.6 Å². The Labute approximate surface area is 126 Å². The van der Waals surface area contributed by atoms with Crippen molar-refractivity contribution in [1.82, 2.24) is 0 Å². The molecule has 2 fully saturated rings. The number of benzene rings is 1. The van der Waals surface area contributed by atoms with Crippen molar-refractivity contribution >= 4 is 5.69 Å². The maximum absolute atomic E-state index is 10.8. The highest BCUT2D eigenvalue weighted by Crippen LogP contribution is 2.37. The minimum atomic E-state index is -0.614. The van der Waals surface area contributed by atoms with E-state index in [0.29, 0.717) is 13.3 Å². The van der Waals surface area contributed by atoms with Gasteiger partial charge in [-0.05, 0) is 30.5 Å². The zero-order chi connectivity index (χ0) is 14.7. The number of methoxy groups -OCH3 is 1. The SMILES string of the molecule is COCC1CN(c2ccc(C3(O)CCCCC3)cc2)CO1. The van der Waals surface area contributed by atoms with Crippen LogP contribution in [0.1, 0.15) is 37.7 Å². The summed E-state index contributed by atoms with van der Waals surface area (Å²) < 4.78 is 10.8. The first-order chi connectivity index (χ1) is 10.2. The monoisotopic (exact) mass is 291 g/mol. The van der Waals surface area contributed by atoms with Crippen molar-refractivity contribution in [2.45, 2.75) is 43.8 Å². The van der Waals surface area contributed by atoms with Crippen LogP contribution in [0.4, 0.5) is 5.69 Å². The molecule has 0 aromatic heterocycles. The zero-order valence-electron chi connectivity index (χ0n) is 12.8. The van der Waals surface area contributed by atoms with Crippen LogP contribution in [0.5, 0.6) is 0 Å². The third-order valence-electron chi connectivity index (χ3n) is 4.69. The van der Waals surface area contributed by atoms with Gasteiger partial charge in [-0.25, -0.2) is 0 Å². The Balaban J connectivity index is 1.67. The van der Waals surface area contributed by atoms with Crippen LogP contribution < -0.4 is 4.90 Å². The molecule has 1 saturated heterocycles. The van der Waals surface area contributed by atoms with Gasteiger partial charge in [0.25, 0.3) is 0 Å². The molecule has 1 atom stereocenters. The second-order valence-electron chi connectivity index (χ2n) is 6.23. The summed E-state index contributed by atoms with van der Waals surface area (Å²) in [5.74, 6) is 0. The maximum Gasteiger partial charge on any atom is 0.119 e. The summed E-state index contributed by atoms with van der Waals surface area (Å²) in [6.07, 6.45) is 5.40. The standard InChI is InChI=1S/C17H25NO3/c1-20-12-16-11-18(13-21-16)15-7-5-14(6-8-15)17(19)9-3-2-4-10-17/h5-8,16,19H,2-4,9-13H2,1H3. The van der Waals surface area contributed by atoms with E-state index in [1.807, 2.05) is 0 Å². The van der Waals surface area contributed by atoms with Crippen LogP contribution in [0.3, 0.4) is 0 Å². The first kappa shape index (κ1) is 14.8. The van der Waals surface area contributed by atoms with Crippen molar-refractivity contribution in [3.05, 3.63) is 29.8 Å². The molecule has 0 bridgehead atoms. The predicted octanol–water partition coefficient (Wildman–Crippen LogP) is 2.65. The molecule has 0 amide bonds. The Bertz CT molecular complexity index is 454. The van der Waals surface area contributed by atoms with Gasteiger partial charge in [-0.2, -0.15) is 0 Å². The molecule has 1 unspecified atom stereocenters. The molecule has 1 aliphatic carbocycles. The van der Waals surface area contributed by atoms with Crippen molar-refractivity contribution in [3.8, 4) is 0 Å². The van der Waals surface area contributed by atoms with Crippen LogP contribution in [-0.2, 0) is 15.1 Å². The molecule has 3 rings (SSSR count). The molecule has 1 aromatic rings. The van der Waals surface area contributed by atoms with Gasteiger partial charge in [0.1, 0.15) is 12.8 Å². The number of hydrogen-bond acceptors (Lipinski definition) is 4. The number of anilines is 1. The third-order valence-corrected chi connectivity index (χ3v) is 4.69. The molecule has 0 spiro atoms. The molecule has 21 heavy (non-hydrogen) atoms. The fourth-order valence-corrected chi connectivity index (χ4v) is 3.42. The molecule has 0 radical (unpaired) electrons. The molecule has 1 heterocycles. The summed E-state index contributed by atoms with van der Waals surface area (Å²) in [6.45, 7) is 2.10. The summed E-state index contributed by atoms with van der Waals surface area (Å²) in [5, 5.41) is 10.8. The van der Waals surface area contributed by atoms with E-state index in [-0.39, 0.29) is 6.10 Å². The zero-order valence-corrected chi connectivity index (χ0v) is 12.8. The Morgan fingerprint density at radius 2 is 1.95 bits per heavy atom.